The zero-order valence-corrected chi connectivity index (χ0v) is 41.4. The molecule has 15 aromatic carbocycles. The van der Waals surface area contributed by atoms with Crippen molar-refractivity contribution in [2.45, 2.75) is 19.3 Å². The van der Waals surface area contributed by atoms with Crippen molar-refractivity contribution in [1.82, 2.24) is 0 Å². The van der Waals surface area contributed by atoms with Gasteiger partial charge in [0.25, 0.3) is 0 Å². The second-order valence-corrected chi connectivity index (χ2v) is 22.1. The molecule has 75 heavy (non-hydrogen) atoms. The van der Waals surface area contributed by atoms with Gasteiger partial charge in [0, 0.05) is 5.41 Å². The van der Waals surface area contributed by atoms with Crippen LogP contribution in [0.5, 0.6) is 0 Å². The molecule has 3 aliphatic rings. The molecule has 0 aromatic heterocycles. The zero-order chi connectivity index (χ0) is 49.0. The predicted molar refractivity (Wildman–Crippen MR) is 320 cm³/mol. The Kier molecular flexibility index (Phi) is 7.51. The standard InChI is InChI=1S/C75H44/c1-75(2)67-38-42(43-32-33-61-53-23-10-15-41-14-9-22-52(69(41)53)56-27-11-24-49(43)70(56)61)30-31-48(67)64-39-65-66(40-68(64)75)74(63-37-35-60-47-19-6-4-17-45(47)51-26-13-29-58(63)72(51)60)55-21-8-7-20-54(55)73(65)62-36-34-59-46-18-5-3-16-44(46)50-25-12-28-57(62)71(50)59/h3-40H,1-2H3. The highest BCUT2D eigenvalue weighted by molar-refractivity contribution is 6.35. The molecule has 3 aliphatic carbocycles. The van der Waals surface area contributed by atoms with E-state index in [1.165, 1.54) is 186 Å². The van der Waals surface area contributed by atoms with Crippen LogP contribution in [0.2, 0.25) is 0 Å². The average Bonchev–Trinajstić information content (AvgIpc) is 4.05. The fraction of sp³-hybridized carbons (Fsp3) is 0.0400. The Morgan fingerprint density at radius 1 is 0.213 bits per heavy atom. The third kappa shape index (κ3) is 4.98. The van der Waals surface area contributed by atoms with Gasteiger partial charge in [-0.25, -0.2) is 0 Å². The first-order chi connectivity index (χ1) is 37.0. The van der Waals surface area contributed by atoms with Gasteiger partial charge in [-0.15, -0.1) is 0 Å². The van der Waals surface area contributed by atoms with Crippen molar-refractivity contribution in [3.63, 3.8) is 0 Å². The van der Waals surface area contributed by atoms with Gasteiger partial charge < -0.3 is 0 Å². The molecular formula is C75H44. The first-order valence-electron chi connectivity index (χ1n) is 26.6. The minimum atomic E-state index is -0.281. The van der Waals surface area contributed by atoms with Gasteiger partial charge in [0.15, 0.2) is 0 Å². The van der Waals surface area contributed by atoms with Gasteiger partial charge in [0.2, 0.25) is 0 Å². The van der Waals surface area contributed by atoms with Crippen LogP contribution < -0.4 is 0 Å². The van der Waals surface area contributed by atoms with Gasteiger partial charge in [0.05, 0.1) is 0 Å². The number of hydrogen-bond acceptors (Lipinski definition) is 0. The summed E-state index contributed by atoms with van der Waals surface area (Å²) < 4.78 is 0. The number of rotatable bonds is 3. The SMILES string of the molecule is CC1(C)c2cc(-c3ccc4c5cccc6cccc(c7cccc3c74)c65)ccc2-c2cc3c(-c4ccc5c6c(cccc46)-c4ccccc4-5)c4ccccc4c(-c4ccc5c6c(cccc46)-c4ccccc4-5)c3cc21. The summed E-state index contributed by atoms with van der Waals surface area (Å²) in [5, 5.41) is 21.0. The van der Waals surface area contributed by atoms with Gasteiger partial charge in [-0.1, -0.05) is 226 Å². The van der Waals surface area contributed by atoms with Crippen molar-refractivity contribution >= 4 is 86.2 Å². The van der Waals surface area contributed by atoms with E-state index in [0.29, 0.717) is 0 Å². The van der Waals surface area contributed by atoms with Gasteiger partial charge in [-0.05, 0) is 205 Å². The number of benzene rings is 15. The van der Waals surface area contributed by atoms with E-state index < -0.39 is 0 Å². The summed E-state index contributed by atoms with van der Waals surface area (Å²) in [6, 6.07) is 88.6. The average molecular weight is 945 g/mol. The smallest absolute Gasteiger partial charge is 0.0159 e. The van der Waals surface area contributed by atoms with Crippen molar-refractivity contribution in [3.05, 3.63) is 242 Å². The highest BCUT2D eigenvalue weighted by atomic mass is 14.4. The van der Waals surface area contributed by atoms with E-state index in [1.807, 2.05) is 0 Å². The molecule has 15 aromatic rings. The Hall–Kier alpha value is -9.36. The van der Waals surface area contributed by atoms with Gasteiger partial charge in [0.1, 0.15) is 0 Å². The molecule has 0 spiro atoms. The van der Waals surface area contributed by atoms with E-state index in [9.17, 15) is 0 Å². The molecule has 0 bridgehead atoms. The van der Waals surface area contributed by atoms with Crippen LogP contribution in [0.1, 0.15) is 25.0 Å². The molecule has 0 fully saturated rings. The molecule has 344 valence electrons. The maximum absolute atomic E-state index is 2.62. The van der Waals surface area contributed by atoms with Crippen molar-refractivity contribution in [2.75, 3.05) is 0 Å². The van der Waals surface area contributed by atoms with Crippen molar-refractivity contribution < 1.29 is 0 Å². The van der Waals surface area contributed by atoms with Crippen LogP contribution in [0.15, 0.2) is 231 Å². The summed E-state index contributed by atoms with van der Waals surface area (Å²) in [5.41, 5.74) is 23.4. The number of hydrogen-bond donors (Lipinski definition) is 0. The summed E-state index contributed by atoms with van der Waals surface area (Å²) in [6.07, 6.45) is 0. The fourth-order valence-corrected chi connectivity index (χ4v) is 15.1. The van der Waals surface area contributed by atoms with E-state index in [4.69, 9.17) is 0 Å². The molecule has 0 saturated carbocycles. The Balaban J connectivity index is 0.917. The summed E-state index contributed by atoms with van der Waals surface area (Å²) in [7, 11) is 0. The monoisotopic (exact) mass is 944 g/mol. The molecular weight excluding hydrogens is 901 g/mol. The van der Waals surface area contributed by atoms with Gasteiger partial charge in [-0.2, -0.15) is 0 Å². The van der Waals surface area contributed by atoms with E-state index >= 15 is 0 Å². The fourth-order valence-electron chi connectivity index (χ4n) is 15.1. The molecule has 0 saturated heterocycles. The van der Waals surface area contributed by atoms with Gasteiger partial charge in [-0.3, -0.25) is 0 Å². The number of fused-ring (bicyclic) bond motifs is 13. The van der Waals surface area contributed by atoms with Crippen LogP contribution in [-0.4, -0.2) is 0 Å². The Morgan fingerprint density at radius 2 is 0.600 bits per heavy atom. The lowest BCUT2D eigenvalue weighted by Crippen LogP contribution is -2.15. The second-order valence-electron chi connectivity index (χ2n) is 22.1. The molecule has 0 nitrogen and oxygen atoms in total. The summed E-state index contributed by atoms with van der Waals surface area (Å²) in [6.45, 7) is 4.92. The molecule has 0 amide bonds. The molecule has 0 radical (unpaired) electrons. The van der Waals surface area contributed by atoms with E-state index in [1.54, 1.807) is 0 Å². The van der Waals surface area contributed by atoms with E-state index in [2.05, 4.69) is 244 Å². The third-order valence-corrected chi connectivity index (χ3v) is 18.3. The highest BCUT2D eigenvalue weighted by Gasteiger charge is 2.38. The molecule has 0 unspecified atom stereocenters. The molecule has 0 N–H and O–H groups in total. The quantitative estimate of drug-likeness (QED) is 0.122. The van der Waals surface area contributed by atoms with Crippen LogP contribution in [-0.2, 0) is 5.41 Å². The van der Waals surface area contributed by atoms with Crippen LogP contribution in [0.3, 0.4) is 0 Å². The van der Waals surface area contributed by atoms with Gasteiger partial charge >= 0.3 is 0 Å². The van der Waals surface area contributed by atoms with Crippen LogP contribution in [0, 0.1) is 0 Å². The summed E-state index contributed by atoms with van der Waals surface area (Å²) >= 11 is 0. The lowest BCUT2D eigenvalue weighted by molar-refractivity contribution is 0.661. The third-order valence-electron chi connectivity index (χ3n) is 18.3. The van der Waals surface area contributed by atoms with Crippen molar-refractivity contribution in [3.8, 4) is 89.0 Å². The Bertz CT molecular complexity index is 5030. The van der Waals surface area contributed by atoms with Crippen LogP contribution >= 0.6 is 0 Å². The Labute approximate surface area is 433 Å². The van der Waals surface area contributed by atoms with Crippen molar-refractivity contribution in [1.29, 1.82) is 0 Å². The van der Waals surface area contributed by atoms with Crippen molar-refractivity contribution in [2.24, 2.45) is 0 Å². The first-order valence-corrected chi connectivity index (χ1v) is 26.6. The van der Waals surface area contributed by atoms with E-state index in [0.717, 1.165) is 0 Å². The molecule has 0 heterocycles. The summed E-state index contributed by atoms with van der Waals surface area (Å²) in [5.74, 6) is 0. The molecule has 18 rings (SSSR count). The topological polar surface area (TPSA) is 0 Å². The Morgan fingerprint density at radius 3 is 1.19 bits per heavy atom. The zero-order valence-electron chi connectivity index (χ0n) is 41.4. The second kappa shape index (κ2) is 14.0. The van der Waals surface area contributed by atoms with Crippen LogP contribution in [0.4, 0.5) is 0 Å². The molecule has 0 heteroatoms. The molecule has 0 atom stereocenters. The largest absolute Gasteiger partial charge is 0.0616 e. The maximum atomic E-state index is 2.62. The summed E-state index contributed by atoms with van der Waals surface area (Å²) in [4.78, 5) is 0. The van der Waals surface area contributed by atoms with Crippen LogP contribution in [0.25, 0.3) is 175 Å². The lowest BCUT2D eigenvalue weighted by atomic mass is 9.78. The normalized spacial score (nSPS) is 13.6. The first kappa shape index (κ1) is 40.2. The van der Waals surface area contributed by atoms with E-state index in [-0.39, 0.29) is 5.41 Å². The predicted octanol–water partition coefficient (Wildman–Crippen LogP) is 21.0. The minimum Gasteiger partial charge on any atom is -0.0616 e. The molecule has 0 aliphatic heterocycles. The lowest BCUT2D eigenvalue weighted by Gasteiger charge is -2.25. The highest BCUT2D eigenvalue weighted by Crippen LogP contribution is 2.58. The minimum absolute atomic E-state index is 0.281. The maximum Gasteiger partial charge on any atom is 0.0159 e.